The van der Waals surface area contributed by atoms with Crippen LogP contribution in [0.25, 0.3) is 11.0 Å². The number of hydrogen-bond acceptors (Lipinski definition) is 7. The van der Waals surface area contributed by atoms with Gasteiger partial charge in [-0.05, 0) is 70.7 Å². The summed E-state index contributed by atoms with van der Waals surface area (Å²) in [7, 11) is 5.55. The predicted octanol–water partition coefficient (Wildman–Crippen LogP) is 4.10. The SMILES string of the molecule is CCOc1ccc2c(=O)c3c(oc2c1)C(=O)N(CCCN(C)C)C3c1ccc(OCC)c(OC)c1. The van der Waals surface area contributed by atoms with E-state index in [0.717, 1.165) is 18.5 Å². The normalized spacial score (nSPS) is 15.1. The van der Waals surface area contributed by atoms with Crippen LogP contribution in [-0.2, 0) is 0 Å². The van der Waals surface area contributed by atoms with Gasteiger partial charge in [-0.3, -0.25) is 9.59 Å². The molecule has 0 radical (unpaired) electrons. The Labute approximate surface area is 205 Å². The summed E-state index contributed by atoms with van der Waals surface area (Å²) in [6.07, 6.45) is 0.750. The van der Waals surface area contributed by atoms with E-state index in [1.807, 2.05) is 46.1 Å². The maximum atomic E-state index is 13.7. The van der Waals surface area contributed by atoms with Crippen LogP contribution in [0, 0.1) is 0 Å². The largest absolute Gasteiger partial charge is 0.494 e. The Morgan fingerprint density at radius 1 is 1.00 bits per heavy atom. The van der Waals surface area contributed by atoms with E-state index in [1.54, 1.807) is 30.2 Å². The number of hydrogen-bond donors (Lipinski definition) is 0. The second kappa shape index (κ2) is 10.4. The molecule has 0 N–H and O–H groups in total. The van der Waals surface area contributed by atoms with Gasteiger partial charge in [0.15, 0.2) is 16.9 Å². The first-order valence-electron chi connectivity index (χ1n) is 11.9. The van der Waals surface area contributed by atoms with Crippen molar-refractivity contribution >= 4 is 16.9 Å². The summed E-state index contributed by atoms with van der Waals surface area (Å²) in [5.41, 5.74) is 1.24. The van der Waals surface area contributed by atoms with Gasteiger partial charge in [-0.2, -0.15) is 0 Å². The number of fused-ring (bicyclic) bond motifs is 2. The molecule has 1 amide bonds. The summed E-state index contributed by atoms with van der Waals surface area (Å²) in [6.45, 7) is 6.05. The van der Waals surface area contributed by atoms with E-state index >= 15 is 0 Å². The number of nitrogens with zero attached hydrogens (tertiary/aromatic N) is 2. The van der Waals surface area contributed by atoms with Gasteiger partial charge in [0.05, 0.1) is 37.3 Å². The van der Waals surface area contributed by atoms with E-state index < -0.39 is 6.04 Å². The molecule has 0 aliphatic carbocycles. The molecule has 1 aromatic heterocycles. The summed E-state index contributed by atoms with van der Waals surface area (Å²) in [6, 6.07) is 10.0. The Balaban J connectivity index is 1.86. The van der Waals surface area contributed by atoms with Gasteiger partial charge in [-0.25, -0.2) is 0 Å². The number of carbonyl (C=O) groups is 1. The van der Waals surface area contributed by atoms with Crippen LogP contribution in [0.2, 0.25) is 0 Å². The van der Waals surface area contributed by atoms with Crippen molar-refractivity contribution < 1.29 is 23.4 Å². The van der Waals surface area contributed by atoms with Crippen molar-refractivity contribution in [2.75, 3.05) is 47.5 Å². The smallest absolute Gasteiger partial charge is 0.290 e. The van der Waals surface area contributed by atoms with E-state index in [9.17, 15) is 9.59 Å². The topological polar surface area (TPSA) is 81.5 Å². The van der Waals surface area contributed by atoms with Crippen molar-refractivity contribution in [3.8, 4) is 17.2 Å². The van der Waals surface area contributed by atoms with Gasteiger partial charge in [0.2, 0.25) is 5.76 Å². The Hall–Kier alpha value is -3.52. The first-order valence-corrected chi connectivity index (χ1v) is 11.9. The maximum Gasteiger partial charge on any atom is 0.290 e. The molecule has 3 aromatic rings. The molecule has 8 nitrogen and oxygen atoms in total. The van der Waals surface area contributed by atoms with Gasteiger partial charge < -0.3 is 28.4 Å². The fourth-order valence-corrected chi connectivity index (χ4v) is 4.52. The number of rotatable bonds is 10. The minimum absolute atomic E-state index is 0.0823. The molecule has 1 aliphatic heterocycles. The Bertz CT molecular complexity index is 1280. The number of amides is 1. The average Bonchev–Trinajstić information content (AvgIpc) is 3.11. The van der Waals surface area contributed by atoms with Gasteiger partial charge in [0.1, 0.15) is 11.3 Å². The summed E-state index contributed by atoms with van der Waals surface area (Å²) >= 11 is 0. The highest BCUT2D eigenvalue weighted by Gasteiger charge is 2.42. The molecule has 8 heteroatoms. The second-order valence-corrected chi connectivity index (χ2v) is 8.67. The van der Waals surface area contributed by atoms with Gasteiger partial charge in [0, 0.05) is 12.6 Å². The molecule has 2 heterocycles. The molecule has 1 unspecified atom stereocenters. The van der Waals surface area contributed by atoms with Crippen LogP contribution < -0.4 is 19.6 Å². The predicted molar refractivity (Wildman–Crippen MR) is 134 cm³/mol. The van der Waals surface area contributed by atoms with Crippen LogP contribution in [-0.4, -0.2) is 63.2 Å². The number of carbonyl (C=O) groups excluding carboxylic acids is 1. The molecule has 0 saturated carbocycles. The van der Waals surface area contributed by atoms with E-state index in [2.05, 4.69) is 4.90 Å². The van der Waals surface area contributed by atoms with Gasteiger partial charge in [-0.15, -0.1) is 0 Å². The van der Waals surface area contributed by atoms with Crippen LogP contribution in [0.3, 0.4) is 0 Å². The minimum atomic E-state index is -0.587. The number of methoxy groups -OCH3 is 1. The molecule has 0 spiro atoms. The van der Waals surface area contributed by atoms with Crippen molar-refractivity contribution in [3.05, 3.63) is 63.5 Å². The molecular weight excluding hydrogens is 448 g/mol. The number of ether oxygens (including phenoxy) is 3. The van der Waals surface area contributed by atoms with E-state index in [-0.39, 0.29) is 17.1 Å². The number of benzene rings is 2. The van der Waals surface area contributed by atoms with Crippen LogP contribution in [0.15, 0.2) is 45.6 Å². The molecule has 0 bridgehead atoms. The zero-order valence-electron chi connectivity index (χ0n) is 20.9. The Kier molecular flexibility index (Phi) is 7.31. The lowest BCUT2D eigenvalue weighted by molar-refractivity contribution is 0.0722. The van der Waals surface area contributed by atoms with Crippen LogP contribution in [0.1, 0.15) is 48.0 Å². The zero-order chi connectivity index (χ0) is 25.1. The van der Waals surface area contributed by atoms with E-state index in [4.69, 9.17) is 18.6 Å². The molecule has 0 saturated heterocycles. The maximum absolute atomic E-state index is 13.7. The molecule has 2 aromatic carbocycles. The summed E-state index contributed by atoms with van der Waals surface area (Å²) in [5, 5.41) is 0.415. The van der Waals surface area contributed by atoms with Crippen LogP contribution in [0.4, 0.5) is 0 Å². The summed E-state index contributed by atoms with van der Waals surface area (Å²) in [5.74, 6) is 1.53. The van der Waals surface area contributed by atoms with Crippen LogP contribution in [0.5, 0.6) is 17.2 Å². The van der Waals surface area contributed by atoms with Gasteiger partial charge >= 0.3 is 0 Å². The monoisotopic (exact) mass is 480 g/mol. The molecule has 4 rings (SSSR count). The average molecular weight is 481 g/mol. The molecular formula is C27H32N2O6. The molecule has 1 atom stereocenters. The molecule has 35 heavy (non-hydrogen) atoms. The fraction of sp³-hybridized carbons (Fsp3) is 0.407. The van der Waals surface area contributed by atoms with Crippen molar-refractivity contribution in [2.45, 2.75) is 26.3 Å². The van der Waals surface area contributed by atoms with Crippen molar-refractivity contribution in [1.82, 2.24) is 9.80 Å². The van der Waals surface area contributed by atoms with Gasteiger partial charge in [0.25, 0.3) is 5.91 Å². The Morgan fingerprint density at radius 2 is 1.77 bits per heavy atom. The highest BCUT2D eigenvalue weighted by molar-refractivity contribution is 5.99. The lowest BCUT2D eigenvalue weighted by Gasteiger charge is -2.26. The lowest BCUT2D eigenvalue weighted by atomic mass is 9.98. The van der Waals surface area contributed by atoms with Crippen LogP contribution >= 0.6 is 0 Å². The van der Waals surface area contributed by atoms with Crippen molar-refractivity contribution in [3.63, 3.8) is 0 Å². The fourth-order valence-electron chi connectivity index (χ4n) is 4.52. The third-order valence-corrected chi connectivity index (χ3v) is 6.06. The molecule has 0 fully saturated rings. The standard InChI is InChI=1S/C27H32N2O6/c1-6-33-18-10-11-19-21(16-18)35-26-23(25(19)30)24(29(27(26)31)14-8-13-28(3)4)17-9-12-20(34-7-2)22(15-17)32-5/h9-12,15-16,24H,6-8,13-14H2,1-5H3. The third-order valence-electron chi connectivity index (χ3n) is 6.06. The van der Waals surface area contributed by atoms with E-state index in [0.29, 0.717) is 53.5 Å². The zero-order valence-corrected chi connectivity index (χ0v) is 20.9. The minimum Gasteiger partial charge on any atom is -0.494 e. The first-order chi connectivity index (χ1) is 16.9. The quantitative estimate of drug-likeness (QED) is 0.432. The van der Waals surface area contributed by atoms with Gasteiger partial charge in [-0.1, -0.05) is 6.07 Å². The third kappa shape index (κ3) is 4.71. The lowest BCUT2D eigenvalue weighted by Crippen LogP contribution is -2.32. The van der Waals surface area contributed by atoms with Crippen molar-refractivity contribution in [1.29, 1.82) is 0 Å². The molecule has 186 valence electrons. The molecule has 1 aliphatic rings. The Morgan fingerprint density at radius 3 is 2.46 bits per heavy atom. The highest BCUT2D eigenvalue weighted by Crippen LogP contribution is 2.41. The summed E-state index contributed by atoms with van der Waals surface area (Å²) < 4.78 is 22.8. The second-order valence-electron chi connectivity index (χ2n) is 8.67. The highest BCUT2D eigenvalue weighted by atomic mass is 16.5. The summed E-state index contributed by atoms with van der Waals surface area (Å²) in [4.78, 5) is 31.1. The van der Waals surface area contributed by atoms with E-state index in [1.165, 1.54) is 0 Å². The first kappa shape index (κ1) is 24.6. The van der Waals surface area contributed by atoms with Crippen molar-refractivity contribution in [2.24, 2.45) is 0 Å².